The standard InChI is InChI=1S/C43H25N3O2S/c47-42-33-22-35-40(49-39-18-10-17-29(41(35)39)26-11-4-1-5-12-26)24-31(33)30-21-32-36-25-44-20-19-37(36)45(27-13-6-2-7-14-27)38(32)23-34(30)43(48)46(42)28-15-8-3-9-16-28/h1-25H. The highest BCUT2D eigenvalue weighted by atomic mass is 32.1. The van der Waals surface area contributed by atoms with Crippen LogP contribution in [0.2, 0.25) is 0 Å². The first-order valence-corrected chi connectivity index (χ1v) is 16.9. The highest BCUT2D eigenvalue weighted by Crippen LogP contribution is 2.42. The molecule has 4 heterocycles. The molecule has 0 saturated heterocycles. The molecule has 6 aromatic carbocycles. The van der Waals surface area contributed by atoms with Crippen molar-refractivity contribution in [2.75, 3.05) is 0 Å². The second kappa shape index (κ2) is 10.6. The van der Waals surface area contributed by atoms with Gasteiger partial charge in [-0.3, -0.25) is 14.6 Å². The fraction of sp³-hybridized carbons (Fsp3) is 0. The smallest absolute Gasteiger partial charge is 0.266 e. The van der Waals surface area contributed by atoms with E-state index in [9.17, 15) is 9.59 Å². The van der Waals surface area contributed by atoms with E-state index < -0.39 is 0 Å². The first-order valence-electron chi connectivity index (χ1n) is 16.1. The number of benzene rings is 6. The molecule has 0 aliphatic heterocycles. The quantitative estimate of drug-likeness (QED) is 0.192. The number of aromatic nitrogens is 3. The minimum atomic E-state index is -0.356. The molecule has 5 nitrogen and oxygen atoms in total. The molecular formula is C43H25N3O2S. The average Bonchev–Trinajstić information content (AvgIpc) is 3.67. The lowest BCUT2D eigenvalue weighted by Gasteiger charge is -2.08. The van der Waals surface area contributed by atoms with Gasteiger partial charge in [-0.15, -0.1) is 11.3 Å². The number of thiophene rings is 1. The summed E-state index contributed by atoms with van der Waals surface area (Å²) < 4.78 is 5.71. The summed E-state index contributed by atoms with van der Waals surface area (Å²) in [7, 11) is 0. The fourth-order valence-corrected chi connectivity index (χ4v) is 8.59. The lowest BCUT2D eigenvalue weighted by molar-refractivity contribution is 0.976. The van der Waals surface area contributed by atoms with Crippen LogP contribution in [0.5, 0.6) is 0 Å². The SMILES string of the molecule is O=c1c2cc3c(cc2c2cc4c5cnccc5n(-c5ccccc5)c4cc2c(=O)n1-c1ccccc1)sc1cccc(-c2ccccc2)c13. The van der Waals surface area contributed by atoms with Crippen molar-refractivity contribution in [3.63, 3.8) is 0 Å². The summed E-state index contributed by atoms with van der Waals surface area (Å²) in [5, 5.41) is 6.51. The predicted molar refractivity (Wildman–Crippen MR) is 204 cm³/mol. The summed E-state index contributed by atoms with van der Waals surface area (Å²) in [4.78, 5) is 34.1. The number of pyridine rings is 1. The van der Waals surface area contributed by atoms with E-state index in [4.69, 9.17) is 0 Å². The molecule has 0 aliphatic carbocycles. The Morgan fingerprint density at radius 1 is 0.469 bits per heavy atom. The van der Waals surface area contributed by atoms with Crippen LogP contribution in [0.4, 0.5) is 0 Å². The summed E-state index contributed by atoms with van der Waals surface area (Å²) in [6, 6.07) is 46.2. The Morgan fingerprint density at radius 3 is 1.84 bits per heavy atom. The van der Waals surface area contributed by atoms with Gasteiger partial charge in [0, 0.05) is 54.4 Å². The van der Waals surface area contributed by atoms with Crippen LogP contribution in [-0.2, 0) is 0 Å². The first-order chi connectivity index (χ1) is 24.2. The topological polar surface area (TPSA) is 56.9 Å². The van der Waals surface area contributed by atoms with Crippen LogP contribution in [-0.4, -0.2) is 14.1 Å². The molecule has 0 aliphatic rings. The number of para-hydroxylation sites is 2. The molecule has 10 rings (SSSR count). The molecule has 230 valence electrons. The van der Waals surface area contributed by atoms with Gasteiger partial charge in [0.05, 0.1) is 22.1 Å². The third-order valence-electron chi connectivity index (χ3n) is 9.61. The van der Waals surface area contributed by atoms with Crippen molar-refractivity contribution in [3.8, 4) is 22.5 Å². The van der Waals surface area contributed by atoms with Gasteiger partial charge in [-0.2, -0.15) is 0 Å². The van der Waals surface area contributed by atoms with Gasteiger partial charge in [0.15, 0.2) is 0 Å². The molecule has 0 unspecified atom stereocenters. The maximum atomic E-state index is 14.8. The minimum Gasteiger partial charge on any atom is -0.309 e. The van der Waals surface area contributed by atoms with Crippen molar-refractivity contribution < 1.29 is 0 Å². The van der Waals surface area contributed by atoms with Crippen LogP contribution in [0.25, 0.3) is 86.0 Å². The molecule has 0 spiro atoms. The summed E-state index contributed by atoms with van der Waals surface area (Å²) in [6.07, 6.45) is 3.68. The Kier molecular flexibility index (Phi) is 5.98. The zero-order valence-electron chi connectivity index (χ0n) is 26.0. The van der Waals surface area contributed by atoms with Crippen LogP contribution >= 0.6 is 11.3 Å². The number of nitrogens with zero attached hydrogens (tertiary/aromatic N) is 3. The maximum absolute atomic E-state index is 14.8. The molecule has 10 aromatic rings. The predicted octanol–water partition coefficient (Wildman–Crippen LogP) is 10.0. The molecular weight excluding hydrogens is 623 g/mol. The number of fused-ring (bicyclic) bond motifs is 9. The third kappa shape index (κ3) is 4.08. The van der Waals surface area contributed by atoms with Gasteiger partial charge >= 0.3 is 0 Å². The molecule has 4 aromatic heterocycles. The average molecular weight is 648 g/mol. The normalized spacial score (nSPS) is 11.8. The number of hydrogen-bond acceptors (Lipinski definition) is 4. The number of rotatable bonds is 3. The Labute approximate surface area is 283 Å². The highest BCUT2D eigenvalue weighted by molar-refractivity contribution is 7.26. The van der Waals surface area contributed by atoms with Crippen molar-refractivity contribution in [1.29, 1.82) is 0 Å². The molecule has 0 radical (unpaired) electrons. The largest absolute Gasteiger partial charge is 0.309 e. The Morgan fingerprint density at radius 2 is 1.10 bits per heavy atom. The van der Waals surface area contributed by atoms with E-state index >= 15 is 0 Å². The second-order valence-corrected chi connectivity index (χ2v) is 13.4. The second-order valence-electron chi connectivity index (χ2n) is 12.3. The lowest BCUT2D eigenvalue weighted by Crippen LogP contribution is -2.28. The van der Waals surface area contributed by atoms with E-state index in [-0.39, 0.29) is 11.1 Å². The summed E-state index contributed by atoms with van der Waals surface area (Å²) >= 11 is 1.71. The molecule has 49 heavy (non-hydrogen) atoms. The zero-order valence-corrected chi connectivity index (χ0v) is 26.8. The third-order valence-corrected chi connectivity index (χ3v) is 10.7. The van der Waals surface area contributed by atoms with Gasteiger partial charge in [-0.05, 0) is 82.6 Å². The van der Waals surface area contributed by atoms with E-state index in [2.05, 4.69) is 64.1 Å². The van der Waals surface area contributed by atoms with E-state index in [1.54, 1.807) is 17.5 Å². The van der Waals surface area contributed by atoms with Crippen molar-refractivity contribution in [2.45, 2.75) is 0 Å². The van der Waals surface area contributed by atoms with Gasteiger partial charge in [-0.1, -0.05) is 78.9 Å². The van der Waals surface area contributed by atoms with Gasteiger partial charge < -0.3 is 4.57 Å². The van der Waals surface area contributed by atoms with Crippen molar-refractivity contribution >= 4 is 74.9 Å². The molecule has 0 amide bonds. The van der Waals surface area contributed by atoms with Crippen LogP contribution in [0.3, 0.4) is 0 Å². The van der Waals surface area contributed by atoms with E-state index in [0.29, 0.717) is 16.5 Å². The molecule has 6 heteroatoms. The number of hydrogen-bond donors (Lipinski definition) is 0. The van der Waals surface area contributed by atoms with Crippen LogP contribution < -0.4 is 11.1 Å². The van der Waals surface area contributed by atoms with Crippen molar-refractivity contribution in [1.82, 2.24) is 14.1 Å². The Balaban J connectivity index is 1.43. The minimum absolute atomic E-state index is 0.344. The lowest BCUT2D eigenvalue weighted by atomic mass is 9.98. The summed E-state index contributed by atoms with van der Waals surface area (Å²) in [5.74, 6) is 0. The summed E-state index contributed by atoms with van der Waals surface area (Å²) in [5.41, 5.74) is 4.91. The highest BCUT2D eigenvalue weighted by Gasteiger charge is 2.20. The van der Waals surface area contributed by atoms with Gasteiger partial charge in [0.2, 0.25) is 0 Å². The summed E-state index contributed by atoms with van der Waals surface area (Å²) in [6.45, 7) is 0. The maximum Gasteiger partial charge on any atom is 0.266 e. The van der Waals surface area contributed by atoms with Gasteiger partial charge in [-0.25, -0.2) is 4.57 Å². The van der Waals surface area contributed by atoms with Crippen LogP contribution in [0, 0.1) is 0 Å². The van der Waals surface area contributed by atoms with E-state index in [1.165, 1.54) is 4.57 Å². The monoisotopic (exact) mass is 647 g/mol. The molecule has 0 bridgehead atoms. The van der Waals surface area contributed by atoms with Gasteiger partial charge in [0.25, 0.3) is 11.1 Å². The molecule has 0 fully saturated rings. The van der Waals surface area contributed by atoms with Gasteiger partial charge in [0.1, 0.15) is 0 Å². The molecule has 0 N–H and O–H groups in total. The fourth-order valence-electron chi connectivity index (χ4n) is 7.44. The zero-order chi connectivity index (χ0) is 32.6. The van der Waals surface area contributed by atoms with Crippen molar-refractivity contribution in [3.05, 3.63) is 173 Å². The first kappa shape index (κ1) is 27.7. The van der Waals surface area contributed by atoms with Crippen LogP contribution in [0.15, 0.2) is 162 Å². The van der Waals surface area contributed by atoms with Crippen LogP contribution in [0.1, 0.15) is 0 Å². The molecule has 0 saturated carbocycles. The van der Waals surface area contributed by atoms with E-state index in [0.717, 1.165) is 69.6 Å². The van der Waals surface area contributed by atoms with Crippen molar-refractivity contribution in [2.24, 2.45) is 0 Å². The van der Waals surface area contributed by atoms with E-state index in [1.807, 2.05) is 91.1 Å². The Bertz CT molecular complexity index is 3070. The Hall–Kier alpha value is -6.37. The molecule has 0 atom stereocenters.